The number of hydrogen-bond donors (Lipinski definition) is 0. The van der Waals surface area contributed by atoms with Crippen molar-refractivity contribution in [1.82, 2.24) is 4.98 Å². The van der Waals surface area contributed by atoms with E-state index in [9.17, 15) is 14.0 Å². The lowest BCUT2D eigenvalue weighted by Gasteiger charge is -2.43. The fraction of sp³-hybridized carbons (Fsp3) is 0.381. The van der Waals surface area contributed by atoms with E-state index < -0.39 is 23.1 Å². The highest BCUT2D eigenvalue weighted by atomic mass is 19.1. The highest BCUT2D eigenvalue weighted by Gasteiger charge is 2.53. The topological polar surface area (TPSA) is 56.3 Å². The molecule has 0 radical (unpaired) electrons. The highest BCUT2D eigenvalue weighted by Crippen LogP contribution is 2.40. The Hall–Kier alpha value is -2.40. The van der Waals surface area contributed by atoms with Gasteiger partial charge in [0, 0.05) is 11.8 Å². The number of aromatic nitrogens is 1. The quantitative estimate of drug-likeness (QED) is 0.603. The van der Waals surface area contributed by atoms with E-state index in [1.807, 2.05) is 25.1 Å². The van der Waals surface area contributed by atoms with Crippen molar-refractivity contribution in [1.29, 1.82) is 0 Å². The molecule has 136 valence electrons. The first-order valence-corrected chi connectivity index (χ1v) is 8.54. The molecule has 1 aromatic heterocycles. The molecular formula is C21H22FNO3. The van der Waals surface area contributed by atoms with Crippen molar-refractivity contribution >= 4 is 11.6 Å². The molecule has 5 heteroatoms. The second-order valence-corrected chi connectivity index (χ2v) is 7.73. The summed E-state index contributed by atoms with van der Waals surface area (Å²) in [6.07, 6.45) is 1.44. The van der Waals surface area contributed by atoms with Crippen molar-refractivity contribution in [2.45, 2.75) is 51.7 Å². The predicted octanol–water partition coefficient (Wildman–Crippen LogP) is 4.01. The van der Waals surface area contributed by atoms with Gasteiger partial charge in [-0.3, -0.25) is 9.59 Å². The average molecular weight is 355 g/mol. The van der Waals surface area contributed by atoms with Gasteiger partial charge in [0.1, 0.15) is 17.1 Å². The second-order valence-electron chi connectivity index (χ2n) is 7.73. The van der Waals surface area contributed by atoms with E-state index in [0.29, 0.717) is 5.56 Å². The molecule has 1 saturated heterocycles. The minimum absolute atomic E-state index is 0.251. The first kappa shape index (κ1) is 18.4. The lowest BCUT2D eigenvalue weighted by molar-refractivity contribution is -0.184. The van der Waals surface area contributed by atoms with Crippen LogP contribution in [0.3, 0.4) is 0 Å². The van der Waals surface area contributed by atoms with Gasteiger partial charge in [0.25, 0.3) is 0 Å². The van der Waals surface area contributed by atoms with Crippen LogP contribution in [-0.4, -0.2) is 27.8 Å². The summed E-state index contributed by atoms with van der Waals surface area (Å²) in [4.78, 5) is 29.6. The SMILES string of the molecule is Cc1ccc(-c2ccc(F)nc2)cc1C1C(=O)C(C)(C)OC(C)(C)C1=O. The van der Waals surface area contributed by atoms with Crippen LogP contribution in [0.15, 0.2) is 36.5 Å². The Bertz CT molecular complexity index is 859. The second kappa shape index (κ2) is 6.09. The molecule has 1 aliphatic rings. The number of aryl methyl sites for hydroxylation is 1. The van der Waals surface area contributed by atoms with Gasteiger partial charge in [-0.05, 0) is 69.5 Å². The van der Waals surface area contributed by atoms with Gasteiger partial charge in [-0.2, -0.15) is 4.39 Å². The third-order valence-corrected chi connectivity index (χ3v) is 4.87. The Kier molecular flexibility index (Phi) is 4.31. The van der Waals surface area contributed by atoms with E-state index in [-0.39, 0.29) is 11.6 Å². The van der Waals surface area contributed by atoms with E-state index in [1.54, 1.807) is 33.8 Å². The van der Waals surface area contributed by atoms with Gasteiger partial charge in [0.15, 0.2) is 11.6 Å². The number of hydrogen-bond acceptors (Lipinski definition) is 4. The number of Topliss-reactive ketones (excluding diaryl/α,β-unsaturated/α-hetero) is 2. The minimum Gasteiger partial charge on any atom is -0.354 e. The zero-order valence-corrected chi connectivity index (χ0v) is 15.6. The maximum atomic E-state index is 13.1. The number of rotatable bonds is 2. The van der Waals surface area contributed by atoms with Crippen LogP contribution in [0.5, 0.6) is 0 Å². The Morgan fingerprint density at radius 2 is 1.54 bits per heavy atom. The number of halogens is 1. The van der Waals surface area contributed by atoms with E-state index in [0.717, 1.165) is 16.7 Å². The third kappa shape index (κ3) is 3.07. The van der Waals surface area contributed by atoms with Crippen molar-refractivity contribution in [3.8, 4) is 11.1 Å². The van der Waals surface area contributed by atoms with E-state index in [4.69, 9.17) is 4.74 Å². The summed E-state index contributed by atoms with van der Waals surface area (Å²) in [7, 11) is 0. The standard InChI is InChI=1S/C21H22FNO3/c1-12-6-7-13(14-8-9-16(22)23-11-14)10-15(12)17-18(24)20(2,3)26-21(4,5)19(17)25/h6-11,17H,1-5H3. The van der Waals surface area contributed by atoms with Crippen molar-refractivity contribution in [2.24, 2.45) is 0 Å². The third-order valence-electron chi connectivity index (χ3n) is 4.87. The average Bonchev–Trinajstić information content (AvgIpc) is 2.55. The number of pyridine rings is 1. The fourth-order valence-corrected chi connectivity index (χ4v) is 3.51. The summed E-state index contributed by atoms with van der Waals surface area (Å²) >= 11 is 0. The summed E-state index contributed by atoms with van der Waals surface area (Å²) in [5.41, 5.74) is 0.901. The molecular weight excluding hydrogens is 333 g/mol. The number of benzene rings is 1. The smallest absolute Gasteiger partial charge is 0.212 e. The number of nitrogens with zero attached hydrogens (tertiary/aromatic N) is 1. The number of carbonyl (C=O) groups excluding carboxylic acids is 2. The molecule has 2 heterocycles. The lowest BCUT2D eigenvalue weighted by atomic mass is 9.73. The van der Waals surface area contributed by atoms with Crippen molar-refractivity contribution < 1.29 is 18.7 Å². The van der Waals surface area contributed by atoms with Gasteiger partial charge < -0.3 is 4.74 Å². The van der Waals surface area contributed by atoms with Crippen LogP contribution in [-0.2, 0) is 14.3 Å². The molecule has 0 bridgehead atoms. The van der Waals surface area contributed by atoms with Gasteiger partial charge in [0.2, 0.25) is 5.95 Å². The maximum Gasteiger partial charge on any atom is 0.212 e. The van der Waals surface area contributed by atoms with Crippen LogP contribution >= 0.6 is 0 Å². The van der Waals surface area contributed by atoms with Crippen LogP contribution in [0.4, 0.5) is 4.39 Å². The van der Waals surface area contributed by atoms with Gasteiger partial charge >= 0.3 is 0 Å². The molecule has 3 rings (SSSR count). The zero-order valence-electron chi connectivity index (χ0n) is 15.6. The Balaban J connectivity index is 2.13. The summed E-state index contributed by atoms with van der Waals surface area (Å²) in [5.74, 6) is -1.94. The molecule has 0 atom stereocenters. The largest absolute Gasteiger partial charge is 0.354 e. The lowest BCUT2D eigenvalue weighted by Crippen LogP contribution is -2.58. The molecule has 0 aliphatic carbocycles. The van der Waals surface area contributed by atoms with E-state index in [1.165, 1.54) is 12.3 Å². The van der Waals surface area contributed by atoms with Crippen LogP contribution in [0, 0.1) is 12.9 Å². The van der Waals surface area contributed by atoms with Crippen LogP contribution in [0.25, 0.3) is 11.1 Å². The van der Waals surface area contributed by atoms with E-state index >= 15 is 0 Å². The van der Waals surface area contributed by atoms with Gasteiger partial charge in [-0.15, -0.1) is 0 Å². The van der Waals surface area contributed by atoms with Crippen LogP contribution in [0.1, 0.15) is 44.7 Å². The summed E-state index contributed by atoms with van der Waals surface area (Å²) in [6, 6.07) is 8.47. The molecule has 4 nitrogen and oxygen atoms in total. The van der Waals surface area contributed by atoms with E-state index in [2.05, 4.69) is 4.98 Å². The Morgan fingerprint density at radius 3 is 2.08 bits per heavy atom. The van der Waals surface area contributed by atoms with Crippen LogP contribution in [0.2, 0.25) is 0 Å². The first-order valence-electron chi connectivity index (χ1n) is 8.54. The normalized spacial score (nSPS) is 19.6. The molecule has 0 spiro atoms. The first-order chi connectivity index (χ1) is 12.0. The molecule has 26 heavy (non-hydrogen) atoms. The monoisotopic (exact) mass is 355 g/mol. The molecule has 0 saturated carbocycles. The molecule has 1 aliphatic heterocycles. The van der Waals surface area contributed by atoms with Crippen molar-refractivity contribution in [3.63, 3.8) is 0 Å². The summed E-state index contributed by atoms with van der Waals surface area (Å²) in [6.45, 7) is 8.65. The minimum atomic E-state index is -1.05. The maximum absolute atomic E-state index is 13.1. The molecule has 2 aromatic rings. The molecule has 1 aromatic carbocycles. The number of ether oxygens (including phenoxy) is 1. The number of carbonyl (C=O) groups is 2. The number of ketones is 2. The van der Waals surface area contributed by atoms with Crippen LogP contribution < -0.4 is 0 Å². The van der Waals surface area contributed by atoms with Gasteiger partial charge in [-0.25, -0.2) is 4.98 Å². The zero-order chi connectivity index (χ0) is 19.3. The van der Waals surface area contributed by atoms with Crippen molar-refractivity contribution in [2.75, 3.05) is 0 Å². The summed E-state index contributed by atoms with van der Waals surface area (Å²) in [5, 5.41) is 0. The van der Waals surface area contributed by atoms with Gasteiger partial charge in [-0.1, -0.05) is 12.1 Å². The van der Waals surface area contributed by atoms with Gasteiger partial charge in [0.05, 0.1) is 0 Å². The molecule has 0 N–H and O–H groups in total. The Labute approximate surface area is 152 Å². The molecule has 0 amide bonds. The highest BCUT2D eigenvalue weighted by molar-refractivity contribution is 6.15. The predicted molar refractivity (Wildman–Crippen MR) is 96.4 cm³/mol. The molecule has 1 fully saturated rings. The fourth-order valence-electron chi connectivity index (χ4n) is 3.51. The van der Waals surface area contributed by atoms with Crippen molar-refractivity contribution in [3.05, 3.63) is 53.6 Å². The Morgan fingerprint density at radius 1 is 0.962 bits per heavy atom. The summed E-state index contributed by atoms with van der Waals surface area (Å²) < 4.78 is 18.9. The molecule has 0 unspecified atom stereocenters.